The second-order valence-electron chi connectivity index (χ2n) is 11.5. The fourth-order valence-electron chi connectivity index (χ4n) is 5.79. The van der Waals surface area contributed by atoms with E-state index < -0.39 is 5.79 Å². The summed E-state index contributed by atoms with van der Waals surface area (Å²) in [4.78, 5) is 23.5. The molecule has 240 valence electrons. The molecule has 13 nitrogen and oxygen atoms in total. The molecule has 0 radical (unpaired) electrons. The molecular formula is C32H37N9O4S. The first-order chi connectivity index (χ1) is 22.5. The van der Waals surface area contributed by atoms with Gasteiger partial charge in [-0.3, -0.25) is 0 Å². The summed E-state index contributed by atoms with van der Waals surface area (Å²) in [5.74, 6) is -0.258. The van der Waals surface area contributed by atoms with E-state index in [4.69, 9.17) is 14.2 Å². The lowest BCUT2D eigenvalue weighted by molar-refractivity contribution is -0.192. The lowest BCUT2D eigenvalue weighted by Gasteiger charge is -2.37. The monoisotopic (exact) mass is 643 g/mol. The van der Waals surface area contributed by atoms with Gasteiger partial charge < -0.3 is 24.0 Å². The summed E-state index contributed by atoms with van der Waals surface area (Å²) < 4.78 is 21.8. The maximum atomic E-state index is 12.8. The van der Waals surface area contributed by atoms with Crippen LogP contribution in [-0.2, 0) is 21.8 Å². The van der Waals surface area contributed by atoms with Crippen LogP contribution in [0.1, 0.15) is 31.3 Å². The van der Waals surface area contributed by atoms with Gasteiger partial charge in [0.1, 0.15) is 31.3 Å². The van der Waals surface area contributed by atoms with Crippen molar-refractivity contribution in [2.45, 2.75) is 44.7 Å². The number of hydrogen-bond acceptors (Lipinski definition) is 11. The number of aromatic nitrogens is 7. The molecule has 3 aromatic heterocycles. The lowest BCUT2D eigenvalue weighted by Crippen LogP contribution is -2.46. The predicted molar refractivity (Wildman–Crippen MR) is 174 cm³/mol. The van der Waals surface area contributed by atoms with E-state index in [1.165, 1.54) is 11.3 Å². The molecule has 2 saturated heterocycles. The zero-order chi connectivity index (χ0) is 31.5. The topological polar surface area (TPSA) is 118 Å². The SMILES string of the molecule is CCC(C)n1ncn(-c2ccc(N3CCN(c4ccc(OC[C@@H]5CO[C@@](Cn6nccn6)(c6nccs6)O5)cc4)CC3)cc2)c1=O. The minimum absolute atomic E-state index is 0.0716. The zero-order valence-electron chi connectivity index (χ0n) is 25.9. The summed E-state index contributed by atoms with van der Waals surface area (Å²) in [6, 6.07) is 16.4. The molecule has 0 bridgehead atoms. The van der Waals surface area contributed by atoms with Gasteiger partial charge >= 0.3 is 5.69 Å². The van der Waals surface area contributed by atoms with E-state index in [1.807, 2.05) is 36.6 Å². The van der Waals surface area contributed by atoms with Crippen LogP contribution >= 0.6 is 11.3 Å². The Hall–Kier alpha value is -4.53. The van der Waals surface area contributed by atoms with E-state index >= 15 is 0 Å². The van der Waals surface area contributed by atoms with Crippen LogP contribution in [0.25, 0.3) is 5.69 Å². The Balaban J connectivity index is 0.908. The highest BCUT2D eigenvalue weighted by molar-refractivity contribution is 7.09. The number of ether oxygens (including phenoxy) is 3. The highest BCUT2D eigenvalue weighted by Gasteiger charge is 2.46. The largest absolute Gasteiger partial charge is 0.491 e. The molecule has 0 N–H and O–H groups in total. The standard InChI is InChI=1S/C32H37N9O4S/c1-3-24(2)41-31(42)39(23-36-41)27-6-4-25(5-7-27)37-15-17-38(18-16-37)26-8-10-28(11-9-26)43-20-29-21-44-32(45-29,30-33-14-19-46-30)22-40-34-12-13-35-40/h4-14,19,23-24,29H,3,15-18,20-22H2,1-2H3/t24?,29-,32-/m1/s1. The molecule has 5 aromatic rings. The van der Waals surface area contributed by atoms with Crippen molar-refractivity contribution >= 4 is 22.7 Å². The minimum Gasteiger partial charge on any atom is -0.491 e. The fraction of sp³-hybridized carbons (Fsp3) is 0.406. The number of thiazole rings is 1. The normalized spacial score (nSPS) is 20.7. The van der Waals surface area contributed by atoms with Gasteiger partial charge in [0.15, 0.2) is 5.01 Å². The first-order valence-electron chi connectivity index (χ1n) is 15.6. The molecule has 7 rings (SSSR count). The van der Waals surface area contributed by atoms with Gasteiger partial charge in [0.2, 0.25) is 5.79 Å². The third-order valence-corrected chi connectivity index (χ3v) is 9.44. The van der Waals surface area contributed by atoms with Gasteiger partial charge in [-0.25, -0.2) is 19.0 Å². The summed E-state index contributed by atoms with van der Waals surface area (Å²) in [7, 11) is 0. The number of benzene rings is 2. The van der Waals surface area contributed by atoms with E-state index in [2.05, 4.69) is 61.3 Å². The lowest BCUT2D eigenvalue weighted by atomic mass is 10.2. The summed E-state index contributed by atoms with van der Waals surface area (Å²) in [6.45, 7) is 8.71. The Morgan fingerprint density at radius 3 is 2.22 bits per heavy atom. The predicted octanol–water partition coefficient (Wildman–Crippen LogP) is 3.73. The highest BCUT2D eigenvalue weighted by Crippen LogP contribution is 2.37. The van der Waals surface area contributed by atoms with Crippen molar-refractivity contribution in [1.82, 2.24) is 34.3 Å². The van der Waals surface area contributed by atoms with Crippen molar-refractivity contribution in [2.24, 2.45) is 0 Å². The van der Waals surface area contributed by atoms with Crippen molar-refractivity contribution in [2.75, 3.05) is 49.2 Å². The Bertz CT molecular complexity index is 1750. The summed E-state index contributed by atoms with van der Waals surface area (Å²) in [6.07, 6.45) is 7.20. The summed E-state index contributed by atoms with van der Waals surface area (Å²) in [5, 5.41) is 15.4. The maximum absolute atomic E-state index is 12.8. The van der Waals surface area contributed by atoms with Gasteiger partial charge in [-0.15, -0.1) is 11.3 Å². The molecule has 0 aliphatic carbocycles. The van der Waals surface area contributed by atoms with E-state index in [-0.39, 0.29) is 17.8 Å². The molecule has 0 saturated carbocycles. The first kappa shape index (κ1) is 30.1. The molecule has 3 atom stereocenters. The average molecular weight is 644 g/mol. The third-order valence-electron chi connectivity index (χ3n) is 8.55. The van der Waals surface area contributed by atoms with Gasteiger partial charge in [-0.05, 0) is 61.9 Å². The molecule has 2 aliphatic rings. The van der Waals surface area contributed by atoms with Crippen LogP contribution < -0.4 is 20.2 Å². The van der Waals surface area contributed by atoms with Crippen LogP contribution in [0.3, 0.4) is 0 Å². The Morgan fingerprint density at radius 2 is 1.59 bits per heavy atom. The van der Waals surface area contributed by atoms with Gasteiger partial charge in [0.25, 0.3) is 0 Å². The minimum atomic E-state index is -1.04. The molecule has 0 amide bonds. The van der Waals surface area contributed by atoms with Crippen LogP contribution in [0.5, 0.6) is 5.75 Å². The Morgan fingerprint density at radius 1 is 0.935 bits per heavy atom. The van der Waals surface area contributed by atoms with Crippen molar-refractivity contribution in [1.29, 1.82) is 0 Å². The average Bonchev–Trinajstić information content (AvgIpc) is 3.93. The van der Waals surface area contributed by atoms with Crippen molar-refractivity contribution < 1.29 is 14.2 Å². The number of piperazine rings is 1. The molecule has 2 aromatic carbocycles. The van der Waals surface area contributed by atoms with Gasteiger partial charge in [-0.1, -0.05) is 6.92 Å². The smallest absolute Gasteiger partial charge is 0.350 e. The zero-order valence-corrected chi connectivity index (χ0v) is 26.7. The van der Waals surface area contributed by atoms with Crippen LogP contribution in [-0.4, -0.2) is 79.8 Å². The molecule has 14 heteroatoms. The van der Waals surface area contributed by atoms with Crippen LogP contribution in [0.4, 0.5) is 11.4 Å². The van der Waals surface area contributed by atoms with E-state index in [9.17, 15) is 4.79 Å². The summed E-state index contributed by atoms with van der Waals surface area (Å²) >= 11 is 1.48. The van der Waals surface area contributed by atoms with Crippen molar-refractivity contribution in [3.05, 3.63) is 94.3 Å². The molecule has 0 spiro atoms. The molecular weight excluding hydrogens is 606 g/mol. The number of anilines is 2. The molecule has 5 heterocycles. The molecule has 2 fully saturated rings. The first-order valence-corrected chi connectivity index (χ1v) is 16.4. The fourth-order valence-corrected chi connectivity index (χ4v) is 6.51. The van der Waals surface area contributed by atoms with Gasteiger partial charge in [-0.2, -0.15) is 20.1 Å². The molecule has 1 unspecified atom stereocenters. The van der Waals surface area contributed by atoms with Crippen molar-refractivity contribution in [3.8, 4) is 11.4 Å². The van der Waals surface area contributed by atoms with E-state index in [1.54, 1.807) is 39.0 Å². The van der Waals surface area contributed by atoms with Crippen LogP contribution in [0.2, 0.25) is 0 Å². The molecule has 46 heavy (non-hydrogen) atoms. The van der Waals surface area contributed by atoms with E-state index in [0.29, 0.717) is 19.8 Å². The number of hydrogen-bond donors (Lipinski definition) is 0. The maximum Gasteiger partial charge on any atom is 0.350 e. The van der Waals surface area contributed by atoms with Crippen LogP contribution in [0, 0.1) is 0 Å². The van der Waals surface area contributed by atoms with Crippen LogP contribution in [0.15, 0.2) is 83.6 Å². The second-order valence-corrected chi connectivity index (χ2v) is 12.4. The van der Waals surface area contributed by atoms with Gasteiger partial charge in [0.05, 0.1) is 30.7 Å². The number of rotatable bonds is 11. The Labute approximate surface area is 270 Å². The third kappa shape index (κ3) is 6.15. The quantitative estimate of drug-likeness (QED) is 0.211. The molecule has 2 aliphatic heterocycles. The van der Waals surface area contributed by atoms with E-state index in [0.717, 1.165) is 60.4 Å². The Kier molecular flexibility index (Phi) is 8.56. The van der Waals surface area contributed by atoms with Crippen molar-refractivity contribution in [3.63, 3.8) is 0 Å². The van der Waals surface area contributed by atoms with Gasteiger partial charge in [0, 0.05) is 49.1 Å². The second kappa shape index (κ2) is 13.1. The number of nitrogens with zero attached hydrogens (tertiary/aromatic N) is 9. The highest BCUT2D eigenvalue weighted by atomic mass is 32.1. The summed E-state index contributed by atoms with van der Waals surface area (Å²) in [5.41, 5.74) is 3.02.